The molecule has 2 N–H and O–H groups in total. The summed E-state index contributed by atoms with van der Waals surface area (Å²) in [6.45, 7) is 2.73. The van der Waals surface area contributed by atoms with E-state index in [2.05, 4.69) is 27.8 Å². The molecule has 0 saturated heterocycles. The Kier molecular flexibility index (Phi) is 3.64. The molecule has 0 saturated carbocycles. The summed E-state index contributed by atoms with van der Waals surface area (Å²) < 4.78 is 5.11. The smallest absolute Gasteiger partial charge is 0.191 e. The lowest BCUT2D eigenvalue weighted by Crippen LogP contribution is -2.34. The maximum absolute atomic E-state index is 5.11. The van der Waals surface area contributed by atoms with E-state index < -0.39 is 0 Å². The second-order valence-electron chi connectivity index (χ2n) is 3.68. The minimum Gasteiger partial charge on any atom is -0.497 e. The maximum atomic E-state index is 5.11. The largest absolute Gasteiger partial charge is 0.497 e. The first-order chi connectivity index (χ1) is 7.88. The number of nitrogens with one attached hydrogen (secondary N) is 2. The van der Waals surface area contributed by atoms with E-state index in [0.29, 0.717) is 0 Å². The first kappa shape index (κ1) is 10.8. The van der Waals surface area contributed by atoms with Crippen LogP contribution in [0.15, 0.2) is 29.3 Å². The molecule has 0 amide bonds. The normalized spacial score (nSPS) is 14.2. The molecule has 1 heterocycles. The van der Waals surface area contributed by atoms with Crippen LogP contribution in [0.25, 0.3) is 0 Å². The Hall–Kier alpha value is -1.71. The van der Waals surface area contributed by atoms with Gasteiger partial charge in [-0.15, -0.1) is 0 Å². The van der Waals surface area contributed by atoms with E-state index in [9.17, 15) is 0 Å². The Bertz CT molecular complexity index is 359. The fourth-order valence-corrected chi connectivity index (χ4v) is 1.63. The van der Waals surface area contributed by atoms with Crippen LogP contribution in [-0.4, -0.2) is 32.7 Å². The highest BCUT2D eigenvalue weighted by molar-refractivity contribution is 5.81. The standard InChI is InChI=1S/C12H17N3O/c1-16-11-4-2-10(3-5-11)6-7-13-12-14-8-9-15-12/h2-5H,6-9H2,1H3,(H2,13,14,15). The highest BCUT2D eigenvalue weighted by Crippen LogP contribution is 2.11. The van der Waals surface area contributed by atoms with Gasteiger partial charge in [0.2, 0.25) is 0 Å². The van der Waals surface area contributed by atoms with Crippen molar-refractivity contribution in [2.75, 3.05) is 26.7 Å². The van der Waals surface area contributed by atoms with Gasteiger partial charge in [0, 0.05) is 13.1 Å². The van der Waals surface area contributed by atoms with E-state index in [4.69, 9.17) is 4.74 Å². The predicted molar refractivity (Wildman–Crippen MR) is 65.0 cm³/mol. The van der Waals surface area contributed by atoms with E-state index in [0.717, 1.165) is 37.8 Å². The molecule has 0 aliphatic carbocycles. The third kappa shape index (κ3) is 2.89. The van der Waals surface area contributed by atoms with Crippen LogP contribution in [0.2, 0.25) is 0 Å². The lowest BCUT2D eigenvalue weighted by molar-refractivity contribution is 0.414. The van der Waals surface area contributed by atoms with E-state index in [1.54, 1.807) is 7.11 Å². The number of guanidine groups is 1. The molecule has 0 radical (unpaired) electrons. The summed E-state index contributed by atoms with van der Waals surface area (Å²) >= 11 is 0. The van der Waals surface area contributed by atoms with Crippen molar-refractivity contribution in [1.29, 1.82) is 0 Å². The molecular weight excluding hydrogens is 202 g/mol. The quantitative estimate of drug-likeness (QED) is 0.787. The SMILES string of the molecule is COc1ccc(CCNC2=NCCN2)cc1. The Labute approximate surface area is 95.7 Å². The summed E-state index contributed by atoms with van der Waals surface area (Å²) in [7, 11) is 1.68. The summed E-state index contributed by atoms with van der Waals surface area (Å²) in [5.41, 5.74) is 1.30. The van der Waals surface area contributed by atoms with Gasteiger partial charge in [0.25, 0.3) is 0 Å². The average molecular weight is 219 g/mol. The Morgan fingerprint density at radius 3 is 2.81 bits per heavy atom. The molecule has 86 valence electrons. The topological polar surface area (TPSA) is 45.6 Å². The van der Waals surface area contributed by atoms with Gasteiger partial charge < -0.3 is 15.4 Å². The van der Waals surface area contributed by atoms with Crippen molar-refractivity contribution >= 4 is 5.96 Å². The molecule has 4 heteroatoms. The van der Waals surface area contributed by atoms with Crippen molar-refractivity contribution in [2.45, 2.75) is 6.42 Å². The van der Waals surface area contributed by atoms with Crippen LogP contribution in [0.3, 0.4) is 0 Å². The summed E-state index contributed by atoms with van der Waals surface area (Å²) in [6.07, 6.45) is 0.991. The first-order valence-electron chi connectivity index (χ1n) is 5.53. The fourth-order valence-electron chi connectivity index (χ4n) is 1.63. The van der Waals surface area contributed by atoms with Crippen molar-refractivity contribution in [3.8, 4) is 5.75 Å². The molecule has 0 atom stereocenters. The molecule has 0 fully saturated rings. The third-order valence-corrected chi connectivity index (χ3v) is 2.54. The molecule has 1 aromatic carbocycles. The Morgan fingerprint density at radius 2 is 2.19 bits per heavy atom. The van der Waals surface area contributed by atoms with Crippen molar-refractivity contribution in [1.82, 2.24) is 10.6 Å². The van der Waals surface area contributed by atoms with Gasteiger partial charge in [-0.05, 0) is 24.1 Å². The van der Waals surface area contributed by atoms with Gasteiger partial charge in [-0.1, -0.05) is 12.1 Å². The monoisotopic (exact) mass is 219 g/mol. The minimum absolute atomic E-state index is 0.880. The summed E-state index contributed by atoms with van der Waals surface area (Å²) in [5.74, 6) is 1.83. The van der Waals surface area contributed by atoms with Crippen LogP contribution in [0.4, 0.5) is 0 Å². The number of ether oxygens (including phenoxy) is 1. The molecule has 4 nitrogen and oxygen atoms in total. The van der Waals surface area contributed by atoms with E-state index in [-0.39, 0.29) is 0 Å². The van der Waals surface area contributed by atoms with Gasteiger partial charge in [0.15, 0.2) is 5.96 Å². The highest BCUT2D eigenvalue weighted by Gasteiger charge is 2.02. The van der Waals surface area contributed by atoms with Crippen LogP contribution in [0.5, 0.6) is 5.75 Å². The number of benzene rings is 1. The lowest BCUT2D eigenvalue weighted by Gasteiger charge is -2.07. The predicted octanol–water partition coefficient (Wildman–Crippen LogP) is 0.786. The molecule has 1 aromatic rings. The zero-order chi connectivity index (χ0) is 11.2. The number of aliphatic imine (C=N–C) groups is 1. The average Bonchev–Trinajstić information content (AvgIpc) is 2.83. The fraction of sp³-hybridized carbons (Fsp3) is 0.417. The number of methoxy groups -OCH3 is 1. The van der Waals surface area contributed by atoms with E-state index in [1.165, 1.54) is 5.56 Å². The van der Waals surface area contributed by atoms with Gasteiger partial charge >= 0.3 is 0 Å². The Morgan fingerprint density at radius 1 is 1.38 bits per heavy atom. The molecule has 0 unspecified atom stereocenters. The number of rotatable bonds is 4. The lowest BCUT2D eigenvalue weighted by atomic mass is 10.1. The number of hydrogen-bond acceptors (Lipinski definition) is 4. The zero-order valence-electron chi connectivity index (χ0n) is 9.49. The van der Waals surface area contributed by atoms with Crippen molar-refractivity contribution in [3.05, 3.63) is 29.8 Å². The van der Waals surface area contributed by atoms with E-state index >= 15 is 0 Å². The Balaban J connectivity index is 1.76. The maximum Gasteiger partial charge on any atom is 0.191 e. The van der Waals surface area contributed by atoms with Crippen LogP contribution >= 0.6 is 0 Å². The molecule has 2 rings (SSSR count). The molecule has 16 heavy (non-hydrogen) atoms. The van der Waals surface area contributed by atoms with Gasteiger partial charge in [-0.2, -0.15) is 0 Å². The van der Waals surface area contributed by atoms with Crippen LogP contribution < -0.4 is 15.4 Å². The summed E-state index contributed by atoms with van der Waals surface area (Å²) in [4.78, 5) is 4.27. The second-order valence-corrected chi connectivity index (χ2v) is 3.68. The van der Waals surface area contributed by atoms with Crippen LogP contribution in [0.1, 0.15) is 5.56 Å². The van der Waals surface area contributed by atoms with E-state index in [1.807, 2.05) is 12.1 Å². The molecule has 1 aliphatic heterocycles. The number of hydrogen-bond donors (Lipinski definition) is 2. The zero-order valence-corrected chi connectivity index (χ0v) is 9.49. The highest BCUT2D eigenvalue weighted by atomic mass is 16.5. The van der Waals surface area contributed by atoms with Crippen molar-refractivity contribution in [3.63, 3.8) is 0 Å². The molecule has 0 bridgehead atoms. The molecule has 1 aliphatic rings. The summed E-state index contributed by atoms with van der Waals surface area (Å²) in [6, 6.07) is 8.15. The van der Waals surface area contributed by atoms with Crippen LogP contribution in [0, 0.1) is 0 Å². The minimum atomic E-state index is 0.880. The van der Waals surface area contributed by atoms with Crippen LogP contribution in [-0.2, 0) is 6.42 Å². The number of nitrogens with zero attached hydrogens (tertiary/aromatic N) is 1. The van der Waals surface area contributed by atoms with Gasteiger partial charge in [-0.25, -0.2) is 0 Å². The second kappa shape index (κ2) is 5.39. The van der Waals surface area contributed by atoms with Crippen molar-refractivity contribution < 1.29 is 4.74 Å². The molecule has 0 spiro atoms. The molecular formula is C12H17N3O. The molecule has 0 aromatic heterocycles. The van der Waals surface area contributed by atoms with Gasteiger partial charge in [0.1, 0.15) is 5.75 Å². The van der Waals surface area contributed by atoms with Gasteiger partial charge in [0.05, 0.1) is 13.7 Å². The third-order valence-electron chi connectivity index (χ3n) is 2.54. The summed E-state index contributed by atoms with van der Waals surface area (Å²) in [5, 5.41) is 6.45. The van der Waals surface area contributed by atoms with Crippen molar-refractivity contribution in [2.24, 2.45) is 4.99 Å². The van der Waals surface area contributed by atoms with Gasteiger partial charge in [-0.3, -0.25) is 4.99 Å². The first-order valence-corrected chi connectivity index (χ1v) is 5.53.